The molecule has 1 aliphatic rings. The Bertz CT molecular complexity index is 1030. The normalized spacial score (nSPS) is 15.6. The highest BCUT2D eigenvalue weighted by Gasteiger charge is 2.23. The van der Waals surface area contributed by atoms with Crippen molar-refractivity contribution < 1.29 is 4.79 Å². The number of aromatic nitrogens is 3. The molecule has 2 aromatic heterocycles. The second kappa shape index (κ2) is 6.59. The van der Waals surface area contributed by atoms with Crippen LogP contribution in [0.5, 0.6) is 0 Å². The summed E-state index contributed by atoms with van der Waals surface area (Å²) in [4.78, 5) is 27.4. The number of rotatable bonds is 3. The standard InChI is InChI=1S/C20H24N4O2/c1-14-12-15-8-6-7-11-17(15)24-19(14)21-23(20(24)26)13-18(25)22(2)16-9-4-3-5-10-16/h6-8,11-12,16H,3-5,9-10,13H2,1-2H3. The summed E-state index contributed by atoms with van der Waals surface area (Å²) in [6, 6.07) is 10.1. The molecule has 0 N–H and O–H groups in total. The lowest BCUT2D eigenvalue weighted by atomic mass is 9.94. The van der Waals surface area contributed by atoms with Crippen molar-refractivity contribution in [2.75, 3.05) is 7.05 Å². The molecule has 0 radical (unpaired) electrons. The van der Waals surface area contributed by atoms with Gasteiger partial charge in [-0.3, -0.25) is 4.79 Å². The monoisotopic (exact) mass is 352 g/mol. The number of hydrogen-bond acceptors (Lipinski definition) is 3. The van der Waals surface area contributed by atoms with Crippen LogP contribution in [0, 0.1) is 6.92 Å². The zero-order valence-corrected chi connectivity index (χ0v) is 15.3. The number of aryl methyl sites for hydroxylation is 1. The first-order chi connectivity index (χ1) is 12.6. The Balaban J connectivity index is 1.70. The van der Waals surface area contributed by atoms with E-state index in [1.807, 2.05) is 44.3 Å². The molecule has 0 aliphatic heterocycles. The molecule has 2 heterocycles. The lowest BCUT2D eigenvalue weighted by Gasteiger charge is -2.31. The Hall–Kier alpha value is -2.63. The van der Waals surface area contributed by atoms with Gasteiger partial charge in [-0.2, -0.15) is 0 Å². The molecule has 136 valence electrons. The SMILES string of the molecule is Cc1cc2ccccc2n2c(=O)n(CC(=O)N(C)C3CCCCC3)nc12. The van der Waals surface area contributed by atoms with Crippen LogP contribution in [-0.2, 0) is 11.3 Å². The van der Waals surface area contributed by atoms with E-state index < -0.39 is 0 Å². The Morgan fingerprint density at radius 1 is 1.23 bits per heavy atom. The molecule has 1 saturated carbocycles. The van der Waals surface area contributed by atoms with Gasteiger partial charge in [0.1, 0.15) is 6.54 Å². The van der Waals surface area contributed by atoms with Gasteiger partial charge >= 0.3 is 5.69 Å². The maximum atomic E-state index is 12.9. The highest BCUT2D eigenvalue weighted by molar-refractivity contribution is 5.83. The van der Waals surface area contributed by atoms with Crippen LogP contribution in [0.1, 0.15) is 37.7 Å². The molecule has 6 nitrogen and oxygen atoms in total. The third-order valence-corrected chi connectivity index (χ3v) is 5.54. The third kappa shape index (κ3) is 2.79. The molecule has 26 heavy (non-hydrogen) atoms. The van der Waals surface area contributed by atoms with Crippen molar-refractivity contribution in [2.24, 2.45) is 0 Å². The molecule has 4 rings (SSSR count). The summed E-state index contributed by atoms with van der Waals surface area (Å²) in [5.74, 6) is -0.0515. The van der Waals surface area contributed by atoms with Gasteiger partial charge in [-0.1, -0.05) is 37.5 Å². The Morgan fingerprint density at radius 2 is 1.96 bits per heavy atom. The minimum Gasteiger partial charge on any atom is -0.341 e. The minimum absolute atomic E-state index is 0.0126. The molecule has 1 aromatic carbocycles. The van der Waals surface area contributed by atoms with Gasteiger partial charge in [0.15, 0.2) is 5.65 Å². The van der Waals surface area contributed by atoms with E-state index in [2.05, 4.69) is 5.10 Å². The van der Waals surface area contributed by atoms with E-state index in [-0.39, 0.29) is 24.2 Å². The maximum Gasteiger partial charge on any atom is 0.351 e. The average Bonchev–Trinajstić information content (AvgIpc) is 2.99. The van der Waals surface area contributed by atoms with Crippen molar-refractivity contribution in [1.29, 1.82) is 0 Å². The fourth-order valence-electron chi connectivity index (χ4n) is 4.01. The van der Waals surface area contributed by atoms with E-state index in [1.165, 1.54) is 23.9 Å². The second-order valence-corrected chi connectivity index (χ2v) is 7.28. The average molecular weight is 352 g/mol. The minimum atomic E-state index is -0.259. The number of carbonyl (C=O) groups excluding carboxylic acids is 1. The molecule has 0 bridgehead atoms. The fourth-order valence-corrected chi connectivity index (χ4v) is 4.01. The van der Waals surface area contributed by atoms with Crippen molar-refractivity contribution in [1.82, 2.24) is 19.1 Å². The zero-order valence-electron chi connectivity index (χ0n) is 15.3. The Kier molecular flexibility index (Phi) is 4.26. The predicted octanol–water partition coefficient (Wildman–Crippen LogP) is 2.75. The predicted molar refractivity (Wildman–Crippen MR) is 101 cm³/mol. The number of carbonyl (C=O) groups is 1. The fraction of sp³-hybridized carbons (Fsp3) is 0.450. The number of amides is 1. The Morgan fingerprint density at radius 3 is 2.73 bits per heavy atom. The molecular formula is C20H24N4O2. The van der Waals surface area contributed by atoms with Gasteiger partial charge in [-0.05, 0) is 42.8 Å². The van der Waals surface area contributed by atoms with Crippen LogP contribution in [0.15, 0.2) is 35.1 Å². The molecule has 1 aliphatic carbocycles. The quantitative estimate of drug-likeness (QED) is 0.728. The van der Waals surface area contributed by atoms with Gasteiger partial charge in [0.25, 0.3) is 0 Å². The molecular weight excluding hydrogens is 328 g/mol. The number of benzene rings is 1. The maximum absolute atomic E-state index is 12.9. The van der Waals surface area contributed by atoms with Crippen LogP contribution in [0.4, 0.5) is 0 Å². The molecule has 1 amide bonds. The van der Waals surface area contributed by atoms with Gasteiger partial charge < -0.3 is 4.90 Å². The van der Waals surface area contributed by atoms with Crippen molar-refractivity contribution in [3.63, 3.8) is 0 Å². The van der Waals surface area contributed by atoms with Crippen molar-refractivity contribution in [2.45, 2.75) is 51.6 Å². The molecule has 0 spiro atoms. The summed E-state index contributed by atoms with van der Waals surface area (Å²) in [5, 5.41) is 5.44. The van der Waals surface area contributed by atoms with Gasteiger partial charge in [0.05, 0.1) is 5.52 Å². The highest BCUT2D eigenvalue weighted by Crippen LogP contribution is 2.22. The molecule has 1 fully saturated rings. The molecule has 0 saturated heterocycles. The summed E-state index contributed by atoms with van der Waals surface area (Å²) in [6.07, 6.45) is 5.68. The van der Waals surface area contributed by atoms with Crippen LogP contribution >= 0.6 is 0 Å². The number of hydrogen-bond donors (Lipinski definition) is 0. The van der Waals surface area contributed by atoms with Gasteiger partial charge in [0.2, 0.25) is 5.91 Å². The van der Waals surface area contributed by atoms with Crippen molar-refractivity contribution >= 4 is 22.5 Å². The molecule has 0 atom stereocenters. The molecule has 6 heteroatoms. The number of para-hydroxylation sites is 1. The van der Waals surface area contributed by atoms with Crippen LogP contribution in [0.2, 0.25) is 0 Å². The summed E-state index contributed by atoms with van der Waals surface area (Å²) in [5.41, 5.74) is 2.09. The number of nitrogens with zero attached hydrogens (tertiary/aromatic N) is 4. The summed E-state index contributed by atoms with van der Waals surface area (Å²) in [7, 11) is 1.85. The largest absolute Gasteiger partial charge is 0.351 e. The summed E-state index contributed by atoms with van der Waals surface area (Å²) >= 11 is 0. The van der Waals surface area contributed by atoms with Crippen LogP contribution < -0.4 is 5.69 Å². The van der Waals surface area contributed by atoms with Gasteiger partial charge in [0, 0.05) is 13.1 Å². The summed E-state index contributed by atoms with van der Waals surface area (Å²) in [6.45, 7) is 1.93. The smallest absolute Gasteiger partial charge is 0.341 e. The lowest BCUT2D eigenvalue weighted by molar-refractivity contribution is -0.133. The van der Waals surface area contributed by atoms with Crippen LogP contribution in [0.3, 0.4) is 0 Å². The highest BCUT2D eigenvalue weighted by atomic mass is 16.2. The van der Waals surface area contributed by atoms with Crippen LogP contribution in [0.25, 0.3) is 16.6 Å². The second-order valence-electron chi connectivity index (χ2n) is 7.28. The van der Waals surface area contributed by atoms with Gasteiger partial charge in [-0.15, -0.1) is 5.10 Å². The van der Waals surface area contributed by atoms with E-state index in [0.29, 0.717) is 5.65 Å². The first kappa shape index (κ1) is 16.8. The van der Waals surface area contributed by atoms with E-state index in [9.17, 15) is 9.59 Å². The van der Waals surface area contributed by atoms with Crippen molar-refractivity contribution in [3.8, 4) is 0 Å². The van der Waals surface area contributed by atoms with Gasteiger partial charge in [-0.25, -0.2) is 13.9 Å². The Labute approximate surface area is 152 Å². The number of fused-ring (bicyclic) bond motifs is 3. The third-order valence-electron chi connectivity index (χ3n) is 5.54. The lowest BCUT2D eigenvalue weighted by Crippen LogP contribution is -2.41. The first-order valence-electron chi connectivity index (χ1n) is 9.30. The molecule has 0 unspecified atom stereocenters. The summed E-state index contributed by atoms with van der Waals surface area (Å²) < 4.78 is 2.91. The molecule has 3 aromatic rings. The van der Waals surface area contributed by atoms with E-state index >= 15 is 0 Å². The number of pyridine rings is 1. The van der Waals surface area contributed by atoms with E-state index in [0.717, 1.165) is 29.3 Å². The van der Waals surface area contributed by atoms with E-state index in [1.54, 1.807) is 9.30 Å². The number of likely N-dealkylation sites (N-methyl/N-ethyl adjacent to an activating group) is 1. The first-order valence-corrected chi connectivity index (χ1v) is 9.30. The van der Waals surface area contributed by atoms with E-state index in [4.69, 9.17) is 0 Å². The van der Waals surface area contributed by atoms with Crippen molar-refractivity contribution in [3.05, 3.63) is 46.4 Å². The van der Waals surface area contributed by atoms with Crippen LogP contribution in [-0.4, -0.2) is 38.1 Å². The zero-order chi connectivity index (χ0) is 18.3. The topological polar surface area (TPSA) is 59.6 Å².